The fraction of sp³-hybridized carbons (Fsp3) is 0.556. The number of carbonyl (C=O) groups excluding carboxylic acids is 1. The first-order chi connectivity index (χ1) is 10.9. The third kappa shape index (κ3) is 2.92. The molecule has 2 aliphatic rings. The van der Waals surface area contributed by atoms with Gasteiger partial charge >= 0.3 is 5.97 Å². The van der Waals surface area contributed by atoms with E-state index >= 15 is 0 Å². The second kappa shape index (κ2) is 5.87. The summed E-state index contributed by atoms with van der Waals surface area (Å²) in [6.45, 7) is 4.74. The first-order valence-corrected chi connectivity index (χ1v) is 8.20. The third-order valence-corrected chi connectivity index (χ3v) is 5.10. The number of carboxylic acids is 1. The highest BCUT2D eigenvalue weighted by Crippen LogP contribution is 2.53. The summed E-state index contributed by atoms with van der Waals surface area (Å²) in [5, 5.41) is 9.30. The normalized spacial score (nSPS) is 21.7. The topological polar surface area (TPSA) is 66.8 Å². The lowest BCUT2D eigenvalue weighted by Crippen LogP contribution is -2.43. The van der Waals surface area contributed by atoms with Gasteiger partial charge < -0.3 is 14.7 Å². The zero-order valence-electron chi connectivity index (χ0n) is 13.6. The molecule has 1 spiro atoms. The number of hydrogen-bond acceptors (Lipinski definition) is 3. The number of ether oxygens (including phenoxy) is 1. The van der Waals surface area contributed by atoms with Crippen molar-refractivity contribution in [2.24, 2.45) is 5.92 Å². The Kier molecular flexibility index (Phi) is 4.04. The van der Waals surface area contributed by atoms with Crippen molar-refractivity contribution in [3.8, 4) is 5.75 Å². The van der Waals surface area contributed by atoms with Crippen molar-refractivity contribution in [2.45, 2.75) is 44.6 Å². The van der Waals surface area contributed by atoms with Crippen molar-refractivity contribution in [1.82, 2.24) is 4.90 Å². The van der Waals surface area contributed by atoms with Gasteiger partial charge in [-0.1, -0.05) is 26.0 Å². The van der Waals surface area contributed by atoms with Crippen LogP contribution in [0.2, 0.25) is 0 Å². The van der Waals surface area contributed by atoms with Crippen LogP contribution in [0.5, 0.6) is 5.75 Å². The van der Waals surface area contributed by atoms with Gasteiger partial charge in [0.1, 0.15) is 5.75 Å². The number of benzene rings is 1. The van der Waals surface area contributed by atoms with Gasteiger partial charge in [-0.2, -0.15) is 0 Å². The Bertz CT molecular complexity index is 604. The molecular weight excluding hydrogens is 294 g/mol. The molecule has 1 saturated heterocycles. The summed E-state index contributed by atoms with van der Waals surface area (Å²) in [5.74, 6) is -0.196. The number of likely N-dealkylation sites (tertiary alicyclic amines) is 1. The Morgan fingerprint density at radius 1 is 1.30 bits per heavy atom. The van der Waals surface area contributed by atoms with Crippen LogP contribution in [0.1, 0.15) is 44.6 Å². The standard InChI is InChI=1S/C18H23NO4/c1-12(2)13-3-5-14(6-4-13)23-11-16(20)19-10-7-15(17(21)22)18(19)8-9-18/h3-6,12,15H,7-11H2,1-2H3,(H,21,22). The van der Waals surface area contributed by atoms with Crippen LogP contribution < -0.4 is 4.74 Å². The van der Waals surface area contributed by atoms with Crippen LogP contribution in [-0.2, 0) is 9.59 Å². The Balaban J connectivity index is 1.59. The van der Waals surface area contributed by atoms with E-state index in [4.69, 9.17) is 4.74 Å². The molecule has 2 fully saturated rings. The fourth-order valence-corrected chi connectivity index (χ4v) is 3.58. The van der Waals surface area contributed by atoms with Gasteiger partial charge in [0.25, 0.3) is 5.91 Å². The molecule has 5 nitrogen and oxygen atoms in total. The lowest BCUT2D eigenvalue weighted by molar-refractivity contribution is -0.144. The van der Waals surface area contributed by atoms with E-state index in [1.807, 2.05) is 24.3 Å². The van der Waals surface area contributed by atoms with Gasteiger partial charge in [-0.15, -0.1) is 0 Å². The number of rotatable bonds is 5. The SMILES string of the molecule is CC(C)c1ccc(OCC(=O)N2CCC(C(=O)O)C23CC3)cc1. The van der Waals surface area contributed by atoms with Crippen molar-refractivity contribution in [3.63, 3.8) is 0 Å². The monoisotopic (exact) mass is 317 g/mol. The number of hydrogen-bond donors (Lipinski definition) is 1. The predicted molar refractivity (Wildman–Crippen MR) is 85.4 cm³/mol. The highest BCUT2D eigenvalue weighted by molar-refractivity contribution is 5.82. The van der Waals surface area contributed by atoms with Crippen LogP contribution in [0.15, 0.2) is 24.3 Å². The second-order valence-corrected chi connectivity index (χ2v) is 6.84. The summed E-state index contributed by atoms with van der Waals surface area (Å²) in [7, 11) is 0. The summed E-state index contributed by atoms with van der Waals surface area (Å²) in [6, 6.07) is 7.76. The average molecular weight is 317 g/mol. The molecule has 1 aromatic carbocycles. The van der Waals surface area contributed by atoms with Gasteiger partial charge in [-0.05, 0) is 42.9 Å². The quantitative estimate of drug-likeness (QED) is 0.906. The van der Waals surface area contributed by atoms with E-state index in [1.54, 1.807) is 4.90 Å². The fourth-order valence-electron chi connectivity index (χ4n) is 3.58. The van der Waals surface area contributed by atoms with Gasteiger partial charge in [-0.25, -0.2) is 0 Å². The predicted octanol–water partition coefficient (Wildman–Crippen LogP) is 2.65. The highest BCUT2D eigenvalue weighted by atomic mass is 16.5. The molecule has 1 aliphatic heterocycles. The van der Waals surface area contributed by atoms with Crippen LogP contribution >= 0.6 is 0 Å². The van der Waals surface area contributed by atoms with E-state index in [2.05, 4.69) is 13.8 Å². The smallest absolute Gasteiger partial charge is 0.308 e. The molecule has 1 amide bonds. The minimum atomic E-state index is -0.789. The lowest BCUT2D eigenvalue weighted by atomic mass is 9.98. The first kappa shape index (κ1) is 15.8. The van der Waals surface area contributed by atoms with Crippen LogP contribution in [0.4, 0.5) is 0 Å². The molecular formula is C18H23NO4. The van der Waals surface area contributed by atoms with Crippen molar-refractivity contribution < 1.29 is 19.4 Å². The van der Waals surface area contributed by atoms with E-state index in [1.165, 1.54) is 5.56 Å². The molecule has 1 saturated carbocycles. The molecule has 1 aliphatic carbocycles. The van der Waals surface area contributed by atoms with E-state index in [-0.39, 0.29) is 12.5 Å². The van der Waals surface area contributed by atoms with Crippen LogP contribution in [0.3, 0.4) is 0 Å². The van der Waals surface area contributed by atoms with E-state index in [0.717, 1.165) is 12.8 Å². The summed E-state index contributed by atoms with van der Waals surface area (Å²) >= 11 is 0. The highest BCUT2D eigenvalue weighted by Gasteiger charge is 2.61. The molecule has 3 rings (SSSR count). The average Bonchev–Trinajstić information content (AvgIpc) is 3.19. The number of amides is 1. The van der Waals surface area contributed by atoms with Crippen molar-refractivity contribution in [2.75, 3.05) is 13.2 Å². The molecule has 1 unspecified atom stereocenters. The van der Waals surface area contributed by atoms with Crippen LogP contribution in [-0.4, -0.2) is 40.6 Å². The Morgan fingerprint density at radius 2 is 1.96 bits per heavy atom. The molecule has 23 heavy (non-hydrogen) atoms. The Hall–Kier alpha value is -2.04. The maximum Gasteiger partial charge on any atom is 0.308 e. The first-order valence-electron chi connectivity index (χ1n) is 8.20. The second-order valence-electron chi connectivity index (χ2n) is 6.84. The molecule has 1 atom stereocenters. The molecule has 0 aromatic heterocycles. The van der Waals surface area contributed by atoms with E-state index < -0.39 is 17.4 Å². The Morgan fingerprint density at radius 3 is 2.48 bits per heavy atom. The number of carbonyl (C=O) groups is 2. The third-order valence-electron chi connectivity index (χ3n) is 5.10. The molecule has 0 radical (unpaired) electrons. The maximum absolute atomic E-state index is 12.4. The number of nitrogens with zero attached hydrogens (tertiary/aromatic N) is 1. The van der Waals surface area contributed by atoms with Gasteiger partial charge in [0.15, 0.2) is 6.61 Å². The summed E-state index contributed by atoms with van der Waals surface area (Å²) in [5.41, 5.74) is 0.790. The molecule has 0 bridgehead atoms. The van der Waals surface area contributed by atoms with Crippen molar-refractivity contribution >= 4 is 11.9 Å². The van der Waals surface area contributed by atoms with Crippen molar-refractivity contribution in [3.05, 3.63) is 29.8 Å². The molecule has 124 valence electrons. The molecule has 1 aromatic rings. The van der Waals surface area contributed by atoms with Gasteiger partial charge in [0, 0.05) is 6.54 Å². The largest absolute Gasteiger partial charge is 0.484 e. The van der Waals surface area contributed by atoms with Gasteiger partial charge in [-0.3, -0.25) is 9.59 Å². The van der Waals surface area contributed by atoms with Crippen LogP contribution in [0, 0.1) is 5.92 Å². The summed E-state index contributed by atoms with van der Waals surface area (Å²) < 4.78 is 5.59. The molecule has 5 heteroatoms. The zero-order valence-corrected chi connectivity index (χ0v) is 13.6. The summed E-state index contributed by atoms with van der Waals surface area (Å²) in [6.07, 6.45) is 2.13. The van der Waals surface area contributed by atoms with E-state index in [0.29, 0.717) is 24.6 Å². The summed E-state index contributed by atoms with van der Waals surface area (Å²) in [4.78, 5) is 25.5. The molecule has 1 N–H and O–H groups in total. The van der Waals surface area contributed by atoms with Gasteiger partial charge in [0.2, 0.25) is 0 Å². The minimum Gasteiger partial charge on any atom is -0.484 e. The maximum atomic E-state index is 12.4. The lowest BCUT2D eigenvalue weighted by Gasteiger charge is -2.26. The van der Waals surface area contributed by atoms with Gasteiger partial charge in [0.05, 0.1) is 11.5 Å². The van der Waals surface area contributed by atoms with Crippen LogP contribution in [0.25, 0.3) is 0 Å². The Labute approximate surface area is 136 Å². The number of carboxylic acid groups (broad SMARTS) is 1. The zero-order chi connectivity index (χ0) is 16.6. The minimum absolute atomic E-state index is 0.0326. The molecule has 1 heterocycles. The number of aliphatic carboxylic acids is 1. The van der Waals surface area contributed by atoms with E-state index in [9.17, 15) is 14.7 Å². The van der Waals surface area contributed by atoms with Crippen molar-refractivity contribution in [1.29, 1.82) is 0 Å².